The first-order chi connectivity index (χ1) is 16.0. The van der Waals surface area contributed by atoms with Gasteiger partial charge in [-0.2, -0.15) is 4.98 Å². The highest BCUT2D eigenvalue weighted by atomic mass is 16.5. The van der Waals surface area contributed by atoms with Gasteiger partial charge in [0.1, 0.15) is 11.5 Å². The van der Waals surface area contributed by atoms with E-state index in [4.69, 9.17) is 9.72 Å². The molecule has 0 saturated heterocycles. The maximum Gasteiger partial charge on any atom is 0.332 e. The van der Waals surface area contributed by atoms with Crippen LogP contribution in [0.3, 0.4) is 0 Å². The Hall–Kier alpha value is -3.81. The van der Waals surface area contributed by atoms with E-state index < -0.39 is 0 Å². The van der Waals surface area contributed by atoms with E-state index in [1.165, 1.54) is 9.13 Å². The Balaban J connectivity index is 1.58. The predicted molar refractivity (Wildman–Crippen MR) is 129 cm³/mol. The number of hydrogen-bond donors (Lipinski definition) is 0. The quantitative estimate of drug-likeness (QED) is 0.466. The predicted octanol–water partition coefficient (Wildman–Crippen LogP) is 3.89. The second kappa shape index (κ2) is 8.27. The van der Waals surface area contributed by atoms with Crippen molar-refractivity contribution in [2.45, 2.75) is 33.4 Å². The van der Waals surface area contributed by atoms with Gasteiger partial charge in [-0.05, 0) is 48.7 Å². The Bertz CT molecular complexity index is 1420. The van der Waals surface area contributed by atoms with E-state index in [0.717, 1.165) is 23.7 Å². The molecule has 5 rings (SSSR count). The zero-order valence-corrected chi connectivity index (χ0v) is 19.1. The largest absolute Gasteiger partial charge is 0.457 e. The van der Waals surface area contributed by atoms with Gasteiger partial charge in [-0.3, -0.25) is 13.9 Å². The maximum absolute atomic E-state index is 13.2. The molecule has 0 amide bonds. The highest BCUT2D eigenvalue weighted by molar-refractivity contribution is 5.77. The highest BCUT2D eigenvalue weighted by Crippen LogP contribution is 2.34. The van der Waals surface area contributed by atoms with Crippen molar-refractivity contribution in [3.63, 3.8) is 0 Å². The summed E-state index contributed by atoms with van der Waals surface area (Å²) >= 11 is 0. The van der Waals surface area contributed by atoms with E-state index in [1.807, 2.05) is 66.1 Å². The molecular formula is C25H27N5O3. The van der Waals surface area contributed by atoms with Crippen LogP contribution in [0.4, 0.5) is 11.6 Å². The highest BCUT2D eigenvalue weighted by Gasteiger charge is 2.29. The van der Waals surface area contributed by atoms with Crippen LogP contribution in [-0.2, 0) is 20.1 Å². The van der Waals surface area contributed by atoms with Crippen molar-refractivity contribution >= 4 is 22.8 Å². The molecule has 0 bridgehead atoms. The Kier molecular flexibility index (Phi) is 5.28. The summed E-state index contributed by atoms with van der Waals surface area (Å²) in [6.45, 7) is 5.94. The molecule has 33 heavy (non-hydrogen) atoms. The zero-order valence-electron chi connectivity index (χ0n) is 19.1. The third kappa shape index (κ3) is 3.61. The summed E-state index contributed by atoms with van der Waals surface area (Å²) in [5.74, 6) is 2.50. The molecule has 1 atom stereocenters. The molecule has 0 fully saturated rings. The lowest BCUT2D eigenvalue weighted by molar-refractivity contribution is 0.457. The van der Waals surface area contributed by atoms with E-state index in [9.17, 15) is 9.59 Å². The van der Waals surface area contributed by atoms with Crippen LogP contribution in [0.2, 0.25) is 0 Å². The first-order valence-corrected chi connectivity index (χ1v) is 11.3. The van der Waals surface area contributed by atoms with Crippen LogP contribution in [0.1, 0.15) is 20.3 Å². The van der Waals surface area contributed by atoms with Crippen LogP contribution in [0.25, 0.3) is 11.2 Å². The van der Waals surface area contributed by atoms with Crippen LogP contribution in [0, 0.1) is 5.92 Å². The van der Waals surface area contributed by atoms with Gasteiger partial charge in [-0.25, -0.2) is 4.79 Å². The maximum atomic E-state index is 13.2. The number of para-hydroxylation sites is 1. The minimum Gasteiger partial charge on any atom is -0.457 e. The number of ether oxygens (including phenoxy) is 1. The molecule has 0 spiro atoms. The molecule has 2 aromatic heterocycles. The van der Waals surface area contributed by atoms with Crippen molar-refractivity contribution < 1.29 is 4.74 Å². The lowest BCUT2D eigenvalue weighted by Gasteiger charge is -2.33. The summed E-state index contributed by atoms with van der Waals surface area (Å²) in [6, 6.07) is 17.5. The Morgan fingerprint density at radius 1 is 1.00 bits per heavy atom. The number of aromatic nitrogens is 4. The average Bonchev–Trinajstić information content (AvgIpc) is 3.21. The second-order valence-corrected chi connectivity index (χ2v) is 8.62. The molecule has 3 heterocycles. The van der Waals surface area contributed by atoms with E-state index in [0.29, 0.717) is 42.5 Å². The molecular weight excluding hydrogens is 418 g/mol. The van der Waals surface area contributed by atoms with Gasteiger partial charge in [0.2, 0.25) is 5.95 Å². The third-order valence-electron chi connectivity index (χ3n) is 6.02. The monoisotopic (exact) mass is 445 g/mol. The van der Waals surface area contributed by atoms with Gasteiger partial charge in [0.05, 0.1) is 0 Å². The van der Waals surface area contributed by atoms with Crippen molar-refractivity contribution in [3.05, 3.63) is 75.4 Å². The topological polar surface area (TPSA) is 74.3 Å². The van der Waals surface area contributed by atoms with Gasteiger partial charge < -0.3 is 14.2 Å². The van der Waals surface area contributed by atoms with Crippen LogP contribution >= 0.6 is 0 Å². The van der Waals surface area contributed by atoms with E-state index in [-0.39, 0.29) is 11.2 Å². The van der Waals surface area contributed by atoms with Crippen molar-refractivity contribution in [2.75, 3.05) is 11.4 Å². The standard InChI is InChI=1S/C25H27N5O3/c1-4-14-28-23(31)21-22(27(3)25(28)32)26-24-29(15-17(2)16-30(21)24)18-10-12-20(13-11-18)33-19-8-6-5-7-9-19/h5-13,17H,4,14-16H2,1-3H3/t17-/m1/s1. The molecule has 0 N–H and O–H groups in total. The number of rotatable bonds is 5. The van der Waals surface area contributed by atoms with Crippen molar-refractivity contribution in [1.82, 2.24) is 18.7 Å². The summed E-state index contributed by atoms with van der Waals surface area (Å²) in [6.07, 6.45) is 0.710. The van der Waals surface area contributed by atoms with Crippen molar-refractivity contribution in [3.8, 4) is 11.5 Å². The van der Waals surface area contributed by atoms with E-state index >= 15 is 0 Å². The second-order valence-electron chi connectivity index (χ2n) is 8.62. The van der Waals surface area contributed by atoms with Crippen molar-refractivity contribution in [2.24, 2.45) is 13.0 Å². The Morgan fingerprint density at radius 2 is 1.70 bits per heavy atom. The smallest absolute Gasteiger partial charge is 0.332 e. The van der Waals surface area contributed by atoms with Gasteiger partial charge in [0.15, 0.2) is 11.2 Å². The fourth-order valence-electron chi connectivity index (χ4n) is 4.46. The zero-order chi connectivity index (χ0) is 23.1. The van der Waals surface area contributed by atoms with Gasteiger partial charge in [-0.1, -0.05) is 32.0 Å². The molecule has 1 aliphatic rings. The molecule has 1 aliphatic heterocycles. The van der Waals surface area contributed by atoms with Crippen molar-refractivity contribution in [1.29, 1.82) is 0 Å². The van der Waals surface area contributed by atoms with Gasteiger partial charge >= 0.3 is 5.69 Å². The molecule has 8 heteroatoms. The number of aryl methyl sites for hydroxylation is 1. The number of fused-ring (bicyclic) bond motifs is 3. The summed E-state index contributed by atoms with van der Waals surface area (Å²) < 4.78 is 10.7. The minimum atomic E-state index is -0.327. The van der Waals surface area contributed by atoms with E-state index in [2.05, 4.69) is 11.8 Å². The summed E-state index contributed by atoms with van der Waals surface area (Å²) in [5, 5.41) is 0. The molecule has 8 nitrogen and oxygen atoms in total. The molecule has 4 aromatic rings. The third-order valence-corrected chi connectivity index (χ3v) is 6.02. The number of hydrogen-bond acceptors (Lipinski definition) is 5. The summed E-state index contributed by atoms with van der Waals surface area (Å²) in [7, 11) is 1.68. The van der Waals surface area contributed by atoms with Crippen LogP contribution in [-0.4, -0.2) is 25.2 Å². The molecule has 2 aromatic carbocycles. The molecule has 0 aliphatic carbocycles. The lowest BCUT2D eigenvalue weighted by atomic mass is 10.1. The van der Waals surface area contributed by atoms with Gasteiger partial charge in [0, 0.05) is 32.4 Å². The summed E-state index contributed by atoms with van der Waals surface area (Å²) in [5.41, 5.74) is 1.27. The lowest BCUT2D eigenvalue weighted by Crippen LogP contribution is -2.40. The molecule has 170 valence electrons. The number of imidazole rings is 1. The Morgan fingerprint density at radius 3 is 2.39 bits per heavy atom. The Labute approximate surface area is 191 Å². The van der Waals surface area contributed by atoms with Crippen LogP contribution in [0.15, 0.2) is 64.2 Å². The van der Waals surface area contributed by atoms with Crippen LogP contribution in [0.5, 0.6) is 11.5 Å². The number of benzene rings is 2. The normalized spacial score (nSPS) is 15.6. The first kappa shape index (κ1) is 21.1. The fourth-order valence-corrected chi connectivity index (χ4v) is 4.46. The average molecular weight is 446 g/mol. The fraction of sp³-hybridized carbons (Fsp3) is 0.320. The van der Waals surface area contributed by atoms with E-state index in [1.54, 1.807) is 7.05 Å². The summed E-state index contributed by atoms with van der Waals surface area (Å²) in [4.78, 5) is 32.9. The van der Waals surface area contributed by atoms with Crippen LogP contribution < -0.4 is 20.9 Å². The number of anilines is 2. The van der Waals surface area contributed by atoms with Gasteiger partial charge in [0.25, 0.3) is 5.56 Å². The molecule has 0 saturated carbocycles. The molecule has 0 unspecified atom stereocenters. The van der Waals surface area contributed by atoms with Gasteiger partial charge in [-0.15, -0.1) is 0 Å². The SMILES string of the molecule is CCCn1c(=O)c2c(nc3n2C[C@H](C)CN3c2ccc(Oc3ccccc3)cc2)n(C)c1=O. The first-order valence-electron chi connectivity index (χ1n) is 11.3. The number of nitrogens with zero attached hydrogens (tertiary/aromatic N) is 5. The molecule has 0 radical (unpaired) electrons. The minimum absolute atomic E-state index is 0.269.